The molecule has 4 aromatic carbocycles. The fourth-order valence-electron chi connectivity index (χ4n) is 7.63. The molecule has 9 heteroatoms. The van der Waals surface area contributed by atoms with Gasteiger partial charge in [-0.05, 0) is 101 Å². The minimum absolute atomic E-state index is 0.269. The molecule has 0 bridgehead atoms. The van der Waals surface area contributed by atoms with Crippen LogP contribution in [0.5, 0.6) is 23.0 Å². The van der Waals surface area contributed by atoms with Crippen LogP contribution >= 0.6 is 8.24 Å². The van der Waals surface area contributed by atoms with E-state index < -0.39 is 30.8 Å². The lowest BCUT2D eigenvalue weighted by atomic mass is 9.75. The highest BCUT2D eigenvalue weighted by atomic mass is 31.1. The summed E-state index contributed by atoms with van der Waals surface area (Å²) in [5, 5.41) is 1.63. The van der Waals surface area contributed by atoms with Gasteiger partial charge in [0.05, 0.1) is 14.2 Å². The van der Waals surface area contributed by atoms with Gasteiger partial charge in [0.15, 0.2) is 0 Å². The number of hydrogen-bond donors (Lipinski definition) is 0. The van der Waals surface area contributed by atoms with Gasteiger partial charge in [0, 0.05) is 44.2 Å². The van der Waals surface area contributed by atoms with E-state index in [4.69, 9.17) is 31.9 Å². The Bertz CT molecular complexity index is 2510. The zero-order chi connectivity index (χ0) is 48.5. The summed E-state index contributed by atoms with van der Waals surface area (Å²) in [5.74, 6) is 2.40. The van der Waals surface area contributed by atoms with Crippen LogP contribution in [0.3, 0.4) is 0 Å². The average Bonchev–Trinajstić information content (AvgIpc) is 3.26. The first-order chi connectivity index (χ1) is 28.9. The average molecular weight is 897 g/mol. The van der Waals surface area contributed by atoms with Gasteiger partial charge in [-0.15, -0.1) is 0 Å². The van der Waals surface area contributed by atoms with E-state index in [1.54, 1.807) is 14.2 Å². The molecule has 0 fully saturated rings. The lowest BCUT2D eigenvalue weighted by Gasteiger charge is -2.32. The van der Waals surface area contributed by atoms with E-state index >= 15 is 0 Å². The molecule has 8 nitrogen and oxygen atoms in total. The van der Waals surface area contributed by atoms with Gasteiger partial charge < -0.3 is 31.9 Å². The van der Waals surface area contributed by atoms with Crippen LogP contribution in [-0.4, -0.2) is 26.0 Å². The van der Waals surface area contributed by atoms with Crippen molar-refractivity contribution in [3.05, 3.63) is 81.9 Å². The number of ether oxygens (including phenoxy) is 4. The first-order valence-corrected chi connectivity index (χ1v) is 23.6. The zero-order valence-electron chi connectivity index (χ0n) is 43.3. The van der Waals surface area contributed by atoms with Crippen LogP contribution < -0.4 is 18.7 Å². The lowest BCUT2D eigenvalue weighted by Crippen LogP contribution is -2.27. The largest absolute Gasteiger partial charge is 0.514 e. The molecule has 0 radical (unpaired) electrons. The molecule has 0 atom stereocenters. The maximum absolute atomic E-state index is 13.9. The van der Waals surface area contributed by atoms with Gasteiger partial charge in [-0.1, -0.05) is 137 Å². The second-order valence-corrected chi connectivity index (χ2v) is 25.5. The summed E-state index contributed by atoms with van der Waals surface area (Å²) in [4.78, 5) is 13.9. The molecule has 0 amide bonds. The van der Waals surface area contributed by atoms with Crippen LogP contribution in [0.15, 0.2) is 56.9 Å². The van der Waals surface area contributed by atoms with Crippen molar-refractivity contribution in [1.82, 2.24) is 0 Å². The van der Waals surface area contributed by atoms with E-state index in [1.165, 1.54) is 0 Å². The molecule has 0 saturated heterocycles. The van der Waals surface area contributed by atoms with Crippen LogP contribution in [0.2, 0.25) is 0 Å². The van der Waals surface area contributed by atoms with Gasteiger partial charge in [-0.2, -0.15) is 0 Å². The van der Waals surface area contributed by atoms with Gasteiger partial charge in [-0.3, -0.25) is 0 Å². The van der Waals surface area contributed by atoms with Crippen molar-refractivity contribution in [2.45, 2.75) is 183 Å². The Labute approximate surface area is 385 Å². The van der Waals surface area contributed by atoms with E-state index in [2.05, 4.69) is 149 Å². The maximum Gasteiger partial charge on any atom is 0.514 e. The second-order valence-electron chi connectivity index (χ2n) is 24.5. The molecular formula is C55H77O8P. The van der Waals surface area contributed by atoms with E-state index in [-0.39, 0.29) is 21.7 Å². The standard InChI is InChI=1S/C55H77O8P/c1-49(2,3)32-24-36(44(40(26-32)51(7,8)9)59-48(56)60-55(19,20)21)37-25-33(50(4,5)6)27-41(52(10,11)12)45(37)61-64-62-46-38(28-34(57-22)30-42(46)53(13,14)15)39-29-35(58-23)31-43(47(39)63-64)54(16,17)18/h24-31H,1-23H3. The predicted molar refractivity (Wildman–Crippen MR) is 266 cm³/mol. The van der Waals surface area contributed by atoms with Gasteiger partial charge in [0.25, 0.3) is 0 Å². The Hall–Kier alpha value is -4.55. The summed E-state index contributed by atoms with van der Waals surface area (Å²) < 4.78 is 46.1. The molecule has 0 aliphatic carbocycles. The molecular weight excluding hydrogens is 820 g/mol. The smallest absolute Gasteiger partial charge is 0.497 e. The molecule has 0 unspecified atom stereocenters. The number of benzene rings is 4. The molecule has 0 aliphatic heterocycles. The van der Waals surface area contributed by atoms with Crippen molar-refractivity contribution < 1.29 is 36.7 Å². The van der Waals surface area contributed by atoms with Crippen molar-refractivity contribution in [3.63, 3.8) is 0 Å². The quantitative estimate of drug-likeness (QED) is 0.123. The predicted octanol–water partition coefficient (Wildman–Crippen LogP) is 16.9. The third-order valence-corrected chi connectivity index (χ3v) is 12.4. The van der Waals surface area contributed by atoms with Gasteiger partial charge in [-0.25, -0.2) is 4.79 Å². The number of rotatable bonds is 6. The maximum atomic E-state index is 13.9. The highest BCUT2D eigenvalue weighted by Gasteiger charge is 2.35. The van der Waals surface area contributed by atoms with Crippen LogP contribution in [0, 0.1) is 0 Å². The normalized spacial score (nSPS) is 13.3. The molecule has 1 heterocycles. The van der Waals surface area contributed by atoms with E-state index in [0.29, 0.717) is 39.7 Å². The minimum atomic E-state index is -2.23. The second kappa shape index (κ2) is 17.0. The highest BCUT2D eigenvalue weighted by molar-refractivity contribution is 7.32. The number of carbonyl (C=O) groups excluding carboxylic acids is 1. The third kappa shape index (κ3) is 11.1. The molecule has 0 spiro atoms. The van der Waals surface area contributed by atoms with Crippen molar-refractivity contribution in [1.29, 1.82) is 0 Å². The Kier molecular flexibility index (Phi) is 13.4. The molecule has 5 rings (SSSR count). The summed E-state index contributed by atoms with van der Waals surface area (Å²) >= 11 is 0. The molecule has 0 aliphatic rings. The fourth-order valence-corrected chi connectivity index (χ4v) is 8.78. The summed E-state index contributed by atoms with van der Waals surface area (Å²) in [6.07, 6.45) is -0.781. The number of fused-ring (bicyclic) bond motifs is 3. The van der Waals surface area contributed by atoms with Crippen LogP contribution in [0.1, 0.15) is 179 Å². The Morgan fingerprint density at radius 3 is 1.14 bits per heavy atom. The van der Waals surface area contributed by atoms with Crippen LogP contribution in [0.4, 0.5) is 4.79 Å². The zero-order valence-corrected chi connectivity index (χ0v) is 44.2. The van der Waals surface area contributed by atoms with E-state index in [0.717, 1.165) is 49.7 Å². The Balaban J connectivity index is 2.09. The monoisotopic (exact) mass is 897 g/mol. The van der Waals surface area contributed by atoms with Crippen molar-refractivity contribution in [2.24, 2.45) is 0 Å². The SMILES string of the molecule is COc1cc(C(C)(C)C)c2op(Oc3c(-c4cc(C(C)(C)C)cc(C(C)(C)C)c4OC(=O)OC(C)(C)C)cc(C(C)(C)C)cc3C(C)(C)C)oc3c(C(C)(C)C)cc(OC)cc3c2c1. The summed E-state index contributed by atoms with van der Waals surface area (Å²) in [5.41, 5.74) is 5.71. The van der Waals surface area contributed by atoms with Gasteiger partial charge in [0.2, 0.25) is 0 Å². The number of hydrogen-bond acceptors (Lipinski definition) is 8. The number of carbonyl (C=O) groups is 1. The first-order valence-electron chi connectivity index (χ1n) is 22.5. The molecule has 64 heavy (non-hydrogen) atoms. The molecule has 5 aromatic rings. The lowest BCUT2D eigenvalue weighted by molar-refractivity contribution is 0.0204. The van der Waals surface area contributed by atoms with E-state index in [9.17, 15) is 4.79 Å². The molecule has 0 saturated carbocycles. The van der Waals surface area contributed by atoms with Crippen molar-refractivity contribution in [2.75, 3.05) is 14.2 Å². The summed E-state index contributed by atoms with van der Waals surface area (Å²) in [6.45, 7) is 44.7. The summed E-state index contributed by atoms with van der Waals surface area (Å²) in [7, 11) is 1.14. The van der Waals surface area contributed by atoms with Crippen molar-refractivity contribution in [3.8, 4) is 34.1 Å². The topological polar surface area (TPSA) is 89.5 Å². The molecule has 350 valence electrons. The van der Waals surface area contributed by atoms with Gasteiger partial charge >= 0.3 is 14.4 Å². The van der Waals surface area contributed by atoms with Crippen LogP contribution in [0.25, 0.3) is 33.1 Å². The van der Waals surface area contributed by atoms with Gasteiger partial charge in [0.1, 0.15) is 39.8 Å². The van der Waals surface area contributed by atoms with Crippen LogP contribution in [-0.2, 0) is 37.2 Å². The molecule has 0 N–H and O–H groups in total. The Morgan fingerprint density at radius 2 is 0.812 bits per heavy atom. The summed E-state index contributed by atoms with van der Waals surface area (Å²) in [6, 6.07) is 16.8. The first kappa shape index (κ1) is 50.4. The number of methoxy groups -OCH3 is 2. The highest BCUT2D eigenvalue weighted by Crippen LogP contribution is 2.53. The van der Waals surface area contributed by atoms with Crippen molar-refractivity contribution >= 4 is 36.3 Å². The Morgan fingerprint density at radius 1 is 0.453 bits per heavy atom. The molecule has 1 aromatic heterocycles. The fraction of sp³-hybridized carbons (Fsp3) is 0.545. The van der Waals surface area contributed by atoms with E-state index in [1.807, 2.05) is 45.0 Å². The third-order valence-electron chi connectivity index (χ3n) is 11.4. The minimum Gasteiger partial charge on any atom is -0.497 e.